The van der Waals surface area contributed by atoms with Gasteiger partial charge >= 0.3 is 0 Å². The Kier molecular flexibility index (Phi) is 3.67. The number of fused-ring (bicyclic) bond motifs is 1. The molecule has 0 bridgehead atoms. The fraction of sp³-hybridized carbons (Fsp3) is 0.222. The molecule has 0 aliphatic rings. The largest absolute Gasteiger partial charge is 0.508 e. The molecule has 0 fully saturated rings. The zero-order valence-electron chi connectivity index (χ0n) is 12.8. The standard InChI is InChI=1S/C18H20N2O2/c1-12(2)20-10-13(18-16(19)4-3-5-17(18)20)11-22-15-8-6-14(21)7-9-15/h3-10,12,21H,11,19H2,1-2H3. The third-order valence-electron chi connectivity index (χ3n) is 3.76. The van der Waals surface area contributed by atoms with Crippen molar-refractivity contribution in [1.29, 1.82) is 0 Å². The van der Waals surface area contributed by atoms with E-state index in [0.29, 0.717) is 12.6 Å². The zero-order valence-corrected chi connectivity index (χ0v) is 12.8. The molecule has 0 radical (unpaired) electrons. The van der Waals surface area contributed by atoms with Crippen LogP contribution in [0.3, 0.4) is 0 Å². The lowest BCUT2D eigenvalue weighted by atomic mass is 10.1. The second kappa shape index (κ2) is 5.64. The van der Waals surface area contributed by atoms with Gasteiger partial charge in [-0.25, -0.2) is 0 Å². The highest BCUT2D eigenvalue weighted by molar-refractivity contribution is 5.94. The predicted octanol–water partition coefficient (Wildman–Crippen LogP) is 4.09. The fourth-order valence-corrected chi connectivity index (χ4v) is 2.66. The van der Waals surface area contributed by atoms with Crippen molar-refractivity contribution in [1.82, 2.24) is 4.57 Å². The van der Waals surface area contributed by atoms with E-state index in [4.69, 9.17) is 10.5 Å². The summed E-state index contributed by atoms with van der Waals surface area (Å²) in [6.07, 6.45) is 2.10. The van der Waals surface area contributed by atoms with Gasteiger partial charge in [0.2, 0.25) is 0 Å². The smallest absolute Gasteiger partial charge is 0.120 e. The van der Waals surface area contributed by atoms with Crippen molar-refractivity contribution in [2.75, 3.05) is 5.73 Å². The molecule has 3 aromatic rings. The van der Waals surface area contributed by atoms with Crippen molar-refractivity contribution in [3.63, 3.8) is 0 Å². The maximum Gasteiger partial charge on any atom is 0.120 e. The van der Waals surface area contributed by atoms with Gasteiger partial charge in [-0.3, -0.25) is 0 Å². The molecule has 0 unspecified atom stereocenters. The highest BCUT2D eigenvalue weighted by Crippen LogP contribution is 2.30. The number of phenols is 1. The van der Waals surface area contributed by atoms with Crippen molar-refractivity contribution in [2.24, 2.45) is 0 Å². The van der Waals surface area contributed by atoms with Crippen LogP contribution in [-0.2, 0) is 6.61 Å². The summed E-state index contributed by atoms with van der Waals surface area (Å²) in [7, 11) is 0. The van der Waals surface area contributed by atoms with Gasteiger partial charge in [0.15, 0.2) is 0 Å². The minimum atomic E-state index is 0.230. The number of nitrogen functional groups attached to an aromatic ring is 1. The second-order valence-electron chi connectivity index (χ2n) is 5.68. The highest BCUT2D eigenvalue weighted by Gasteiger charge is 2.13. The number of anilines is 1. The van der Waals surface area contributed by atoms with Crippen LogP contribution in [-0.4, -0.2) is 9.67 Å². The molecular formula is C18H20N2O2. The number of aromatic nitrogens is 1. The molecule has 0 amide bonds. The van der Waals surface area contributed by atoms with Crippen LogP contribution in [0.15, 0.2) is 48.7 Å². The molecule has 0 aliphatic carbocycles. The Hall–Kier alpha value is -2.62. The number of hydrogen-bond donors (Lipinski definition) is 2. The lowest BCUT2D eigenvalue weighted by molar-refractivity contribution is 0.306. The third kappa shape index (κ3) is 2.60. The zero-order chi connectivity index (χ0) is 15.7. The normalized spacial score (nSPS) is 11.2. The fourth-order valence-electron chi connectivity index (χ4n) is 2.66. The van der Waals surface area contributed by atoms with Crippen LogP contribution in [0, 0.1) is 0 Å². The summed E-state index contributed by atoms with van der Waals surface area (Å²) in [4.78, 5) is 0. The first-order chi connectivity index (χ1) is 10.6. The van der Waals surface area contributed by atoms with Crippen LogP contribution in [0.1, 0.15) is 25.5 Å². The van der Waals surface area contributed by atoms with Crippen LogP contribution < -0.4 is 10.5 Å². The first-order valence-electron chi connectivity index (χ1n) is 7.36. The Morgan fingerprint density at radius 3 is 2.55 bits per heavy atom. The summed E-state index contributed by atoms with van der Waals surface area (Å²) in [6.45, 7) is 4.73. The topological polar surface area (TPSA) is 60.4 Å². The van der Waals surface area contributed by atoms with E-state index < -0.39 is 0 Å². The van der Waals surface area contributed by atoms with Gasteiger partial charge in [0.25, 0.3) is 0 Å². The number of aromatic hydroxyl groups is 1. The van der Waals surface area contributed by atoms with E-state index in [-0.39, 0.29) is 5.75 Å². The maximum absolute atomic E-state index is 9.31. The predicted molar refractivity (Wildman–Crippen MR) is 89.2 cm³/mol. The third-order valence-corrected chi connectivity index (χ3v) is 3.76. The number of nitrogens with zero attached hydrogens (tertiary/aromatic N) is 1. The van der Waals surface area contributed by atoms with Gasteiger partial charge in [-0.05, 0) is 50.2 Å². The summed E-state index contributed by atoms with van der Waals surface area (Å²) in [5.41, 5.74) is 9.11. The Bertz CT molecular complexity index is 789. The first-order valence-corrected chi connectivity index (χ1v) is 7.36. The molecule has 1 aromatic heterocycles. The Balaban J connectivity index is 1.94. The molecule has 0 spiro atoms. The molecule has 3 N–H and O–H groups in total. The number of phenolic OH excluding ortho intramolecular Hbond substituents is 1. The average molecular weight is 296 g/mol. The summed E-state index contributed by atoms with van der Waals surface area (Å²) in [5, 5.41) is 10.4. The van der Waals surface area contributed by atoms with E-state index >= 15 is 0 Å². The molecule has 1 heterocycles. The summed E-state index contributed by atoms with van der Waals surface area (Å²) in [6, 6.07) is 13.0. The molecular weight excluding hydrogens is 276 g/mol. The number of nitrogens with two attached hydrogens (primary N) is 1. The van der Waals surface area contributed by atoms with E-state index in [1.54, 1.807) is 24.3 Å². The molecule has 0 aliphatic heterocycles. The van der Waals surface area contributed by atoms with Crippen molar-refractivity contribution in [3.8, 4) is 11.5 Å². The highest BCUT2D eigenvalue weighted by atomic mass is 16.5. The van der Waals surface area contributed by atoms with Crippen LogP contribution in [0.25, 0.3) is 10.9 Å². The van der Waals surface area contributed by atoms with E-state index in [1.165, 1.54) is 0 Å². The lowest BCUT2D eigenvalue weighted by Crippen LogP contribution is -1.98. The van der Waals surface area contributed by atoms with E-state index in [9.17, 15) is 5.11 Å². The van der Waals surface area contributed by atoms with Crippen molar-refractivity contribution < 1.29 is 9.84 Å². The summed E-state index contributed by atoms with van der Waals surface area (Å²) in [5.74, 6) is 0.950. The van der Waals surface area contributed by atoms with Crippen molar-refractivity contribution in [3.05, 3.63) is 54.2 Å². The van der Waals surface area contributed by atoms with Gasteiger partial charge in [0, 0.05) is 28.9 Å². The minimum absolute atomic E-state index is 0.230. The van der Waals surface area contributed by atoms with Gasteiger partial charge in [0.1, 0.15) is 18.1 Å². The maximum atomic E-state index is 9.31. The van der Waals surface area contributed by atoms with Crippen molar-refractivity contribution in [2.45, 2.75) is 26.5 Å². The molecule has 0 saturated carbocycles. The first kappa shape index (κ1) is 14.3. The number of rotatable bonds is 4. The van der Waals surface area contributed by atoms with Crippen LogP contribution in [0.2, 0.25) is 0 Å². The quantitative estimate of drug-likeness (QED) is 0.713. The van der Waals surface area contributed by atoms with Crippen LogP contribution >= 0.6 is 0 Å². The lowest BCUT2D eigenvalue weighted by Gasteiger charge is -2.08. The van der Waals surface area contributed by atoms with E-state index in [0.717, 1.165) is 27.9 Å². The SMILES string of the molecule is CC(C)n1cc(COc2ccc(O)cc2)c2c(N)cccc21. The summed E-state index contributed by atoms with van der Waals surface area (Å²) >= 11 is 0. The Labute approximate surface area is 129 Å². The Morgan fingerprint density at radius 2 is 1.86 bits per heavy atom. The van der Waals surface area contributed by atoms with Gasteiger partial charge in [-0.2, -0.15) is 0 Å². The number of benzene rings is 2. The van der Waals surface area contributed by atoms with Gasteiger partial charge < -0.3 is 20.1 Å². The molecule has 4 nitrogen and oxygen atoms in total. The Morgan fingerprint density at radius 1 is 1.14 bits per heavy atom. The van der Waals surface area contributed by atoms with Crippen LogP contribution in [0.5, 0.6) is 11.5 Å². The average Bonchev–Trinajstić information content (AvgIpc) is 2.87. The van der Waals surface area contributed by atoms with Gasteiger partial charge in [0.05, 0.1) is 5.52 Å². The monoisotopic (exact) mass is 296 g/mol. The molecule has 2 aromatic carbocycles. The molecule has 22 heavy (non-hydrogen) atoms. The molecule has 114 valence electrons. The van der Waals surface area contributed by atoms with E-state index in [2.05, 4.69) is 30.7 Å². The van der Waals surface area contributed by atoms with Crippen LogP contribution in [0.4, 0.5) is 5.69 Å². The minimum Gasteiger partial charge on any atom is -0.508 e. The van der Waals surface area contributed by atoms with Gasteiger partial charge in [-0.15, -0.1) is 0 Å². The molecule has 0 saturated heterocycles. The number of ether oxygens (including phenoxy) is 1. The summed E-state index contributed by atoms with van der Waals surface area (Å²) < 4.78 is 8.03. The number of hydrogen-bond acceptors (Lipinski definition) is 3. The molecule has 3 rings (SSSR count). The second-order valence-corrected chi connectivity index (χ2v) is 5.68. The van der Waals surface area contributed by atoms with E-state index in [1.807, 2.05) is 12.1 Å². The van der Waals surface area contributed by atoms with Gasteiger partial charge in [-0.1, -0.05) is 6.07 Å². The van der Waals surface area contributed by atoms with Crippen molar-refractivity contribution >= 4 is 16.6 Å². The molecule has 4 heteroatoms. The molecule has 0 atom stereocenters.